The highest BCUT2D eigenvalue weighted by molar-refractivity contribution is 5.85. The maximum absolute atomic E-state index is 5.98. The van der Waals surface area contributed by atoms with Gasteiger partial charge in [0.15, 0.2) is 5.76 Å². The van der Waals surface area contributed by atoms with Gasteiger partial charge in [0.2, 0.25) is 5.89 Å². The number of nitrogens with one attached hydrogen (secondary N) is 1. The number of nitrogens with zero attached hydrogens (tertiary/aromatic N) is 1. The summed E-state index contributed by atoms with van der Waals surface area (Å²) in [7, 11) is 0. The molecule has 1 aromatic heterocycles. The summed E-state index contributed by atoms with van der Waals surface area (Å²) in [5.41, 5.74) is 3.02. The van der Waals surface area contributed by atoms with Crippen LogP contribution in [0.5, 0.6) is 0 Å². The Balaban J connectivity index is 0.00000176. The molecule has 0 radical (unpaired) electrons. The molecule has 0 amide bonds. The third-order valence-corrected chi connectivity index (χ3v) is 3.28. The van der Waals surface area contributed by atoms with E-state index in [1.165, 1.54) is 0 Å². The average Bonchev–Trinajstić information content (AvgIpc) is 2.99. The van der Waals surface area contributed by atoms with Crippen molar-refractivity contribution >= 4 is 12.4 Å². The Bertz CT molecular complexity index is 639. The molecule has 1 heterocycles. The van der Waals surface area contributed by atoms with Crippen LogP contribution in [0.1, 0.15) is 12.8 Å². The Kier molecular flexibility index (Phi) is 5.75. The maximum atomic E-state index is 5.98. The molecule has 0 bridgehead atoms. The van der Waals surface area contributed by atoms with Crippen molar-refractivity contribution in [1.82, 2.24) is 10.3 Å². The summed E-state index contributed by atoms with van der Waals surface area (Å²) in [6, 6.07) is 20.3. The standard InChI is InChI=1S/C18H18N2O.ClH/c1-2-19-13-16-20-17(14-9-5-3-6-10-14)18(21-16)15-11-7-4-8-12-15;/h3-12,19H,2,13H2,1H3;1H. The third-order valence-electron chi connectivity index (χ3n) is 3.28. The normalized spacial score (nSPS) is 10.2. The number of benzene rings is 2. The number of hydrogen-bond donors (Lipinski definition) is 1. The van der Waals surface area contributed by atoms with E-state index in [1.54, 1.807) is 0 Å². The van der Waals surface area contributed by atoms with Crippen LogP contribution >= 0.6 is 12.4 Å². The lowest BCUT2D eigenvalue weighted by atomic mass is 10.1. The zero-order chi connectivity index (χ0) is 14.5. The lowest BCUT2D eigenvalue weighted by molar-refractivity contribution is 0.482. The first-order chi connectivity index (χ1) is 10.4. The molecule has 0 fully saturated rings. The van der Waals surface area contributed by atoms with Crippen LogP contribution in [0.2, 0.25) is 0 Å². The van der Waals surface area contributed by atoms with Crippen LogP contribution in [0.15, 0.2) is 65.1 Å². The first-order valence-corrected chi connectivity index (χ1v) is 7.19. The number of oxazole rings is 1. The molecule has 0 aliphatic rings. The molecule has 114 valence electrons. The fourth-order valence-electron chi connectivity index (χ4n) is 2.25. The second kappa shape index (κ2) is 7.78. The Morgan fingerprint density at radius 1 is 0.909 bits per heavy atom. The fraction of sp³-hybridized carbons (Fsp3) is 0.167. The molecule has 3 nitrogen and oxygen atoms in total. The van der Waals surface area contributed by atoms with Crippen molar-refractivity contribution in [3.63, 3.8) is 0 Å². The van der Waals surface area contributed by atoms with Crippen LogP contribution in [-0.4, -0.2) is 11.5 Å². The summed E-state index contributed by atoms with van der Waals surface area (Å²) in [6.45, 7) is 3.60. The van der Waals surface area contributed by atoms with E-state index >= 15 is 0 Å². The molecular formula is C18H19ClN2O. The molecule has 3 rings (SSSR count). The zero-order valence-electron chi connectivity index (χ0n) is 12.5. The van der Waals surface area contributed by atoms with Gasteiger partial charge in [0.25, 0.3) is 0 Å². The summed E-state index contributed by atoms with van der Waals surface area (Å²) in [6.07, 6.45) is 0. The molecule has 0 saturated heterocycles. The Morgan fingerprint density at radius 3 is 2.09 bits per heavy atom. The van der Waals surface area contributed by atoms with Crippen molar-refractivity contribution in [2.45, 2.75) is 13.5 Å². The third kappa shape index (κ3) is 3.56. The van der Waals surface area contributed by atoms with E-state index in [-0.39, 0.29) is 12.4 Å². The van der Waals surface area contributed by atoms with Gasteiger partial charge in [-0.25, -0.2) is 4.98 Å². The Labute approximate surface area is 136 Å². The van der Waals surface area contributed by atoms with Crippen molar-refractivity contribution < 1.29 is 4.42 Å². The zero-order valence-corrected chi connectivity index (χ0v) is 13.3. The molecule has 3 aromatic rings. The number of aromatic nitrogens is 1. The lowest BCUT2D eigenvalue weighted by Crippen LogP contribution is -2.11. The number of hydrogen-bond acceptors (Lipinski definition) is 3. The van der Waals surface area contributed by atoms with Gasteiger partial charge in [-0.1, -0.05) is 67.6 Å². The maximum Gasteiger partial charge on any atom is 0.209 e. The molecule has 0 saturated carbocycles. The van der Waals surface area contributed by atoms with E-state index in [4.69, 9.17) is 4.42 Å². The van der Waals surface area contributed by atoms with E-state index in [9.17, 15) is 0 Å². The van der Waals surface area contributed by atoms with Crippen LogP contribution in [0.3, 0.4) is 0 Å². The van der Waals surface area contributed by atoms with Crippen molar-refractivity contribution in [3.05, 3.63) is 66.6 Å². The van der Waals surface area contributed by atoms with Gasteiger partial charge >= 0.3 is 0 Å². The molecule has 0 spiro atoms. The minimum atomic E-state index is 0. The van der Waals surface area contributed by atoms with Gasteiger partial charge in [0.05, 0.1) is 6.54 Å². The predicted octanol–water partition coefficient (Wildman–Crippen LogP) is 4.54. The van der Waals surface area contributed by atoms with Crippen LogP contribution in [-0.2, 0) is 6.54 Å². The van der Waals surface area contributed by atoms with Crippen molar-refractivity contribution in [2.75, 3.05) is 6.54 Å². The molecular weight excluding hydrogens is 296 g/mol. The van der Waals surface area contributed by atoms with Gasteiger partial charge in [0, 0.05) is 11.1 Å². The second-order valence-electron chi connectivity index (χ2n) is 4.80. The van der Waals surface area contributed by atoms with Crippen LogP contribution < -0.4 is 5.32 Å². The van der Waals surface area contributed by atoms with Crippen molar-refractivity contribution in [3.8, 4) is 22.6 Å². The van der Waals surface area contributed by atoms with Crippen molar-refractivity contribution in [2.24, 2.45) is 0 Å². The quantitative estimate of drug-likeness (QED) is 0.751. The SMILES string of the molecule is CCNCc1nc(-c2ccccc2)c(-c2ccccc2)o1.Cl. The minimum Gasteiger partial charge on any atom is -0.439 e. The van der Waals surface area contributed by atoms with Crippen molar-refractivity contribution in [1.29, 1.82) is 0 Å². The second-order valence-corrected chi connectivity index (χ2v) is 4.80. The fourth-order valence-corrected chi connectivity index (χ4v) is 2.25. The number of rotatable bonds is 5. The van der Waals surface area contributed by atoms with Gasteiger partial charge in [-0.2, -0.15) is 0 Å². The summed E-state index contributed by atoms with van der Waals surface area (Å²) < 4.78 is 5.98. The summed E-state index contributed by atoms with van der Waals surface area (Å²) in [5, 5.41) is 3.25. The largest absolute Gasteiger partial charge is 0.439 e. The van der Waals surface area contributed by atoms with E-state index < -0.39 is 0 Å². The summed E-state index contributed by atoms with van der Waals surface area (Å²) in [4.78, 5) is 4.67. The predicted molar refractivity (Wildman–Crippen MR) is 92.0 cm³/mol. The summed E-state index contributed by atoms with van der Waals surface area (Å²) >= 11 is 0. The van der Waals surface area contributed by atoms with Gasteiger partial charge in [-0.3, -0.25) is 0 Å². The molecule has 2 aromatic carbocycles. The van der Waals surface area contributed by atoms with Crippen LogP contribution in [0.25, 0.3) is 22.6 Å². The first kappa shape index (κ1) is 16.3. The first-order valence-electron chi connectivity index (χ1n) is 7.19. The minimum absolute atomic E-state index is 0. The average molecular weight is 315 g/mol. The molecule has 1 N–H and O–H groups in total. The molecule has 0 atom stereocenters. The Hall–Kier alpha value is -2.10. The van der Waals surface area contributed by atoms with Gasteiger partial charge in [-0.05, 0) is 6.54 Å². The Morgan fingerprint density at radius 2 is 1.50 bits per heavy atom. The summed E-state index contributed by atoms with van der Waals surface area (Å²) in [5.74, 6) is 1.55. The van der Waals surface area contributed by atoms with Gasteiger partial charge in [0.1, 0.15) is 5.69 Å². The molecule has 0 unspecified atom stereocenters. The highest BCUT2D eigenvalue weighted by Crippen LogP contribution is 2.32. The van der Waals surface area contributed by atoms with E-state index in [1.807, 2.05) is 48.5 Å². The molecule has 22 heavy (non-hydrogen) atoms. The van der Waals surface area contributed by atoms with E-state index in [0.29, 0.717) is 6.54 Å². The van der Waals surface area contributed by atoms with Crippen LogP contribution in [0.4, 0.5) is 0 Å². The highest BCUT2D eigenvalue weighted by Gasteiger charge is 2.16. The molecule has 4 heteroatoms. The molecule has 0 aliphatic carbocycles. The highest BCUT2D eigenvalue weighted by atomic mass is 35.5. The topological polar surface area (TPSA) is 38.1 Å². The van der Waals surface area contributed by atoms with E-state index in [0.717, 1.165) is 35.0 Å². The van der Waals surface area contributed by atoms with Gasteiger partial charge < -0.3 is 9.73 Å². The van der Waals surface area contributed by atoms with E-state index in [2.05, 4.69) is 29.4 Å². The van der Waals surface area contributed by atoms with Gasteiger partial charge in [-0.15, -0.1) is 12.4 Å². The molecule has 0 aliphatic heterocycles. The lowest BCUT2D eigenvalue weighted by Gasteiger charge is -2.00. The van der Waals surface area contributed by atoms with Crippen LogP contribution in [0, 0.1) is 0 Å². The smallest absolute Gasteiger partial charge is 0.209 e. The number of halogens is 1. The monoisotopic (exact) mass is 314 g/mol.